The van der Waals surface area contributed by atoms with Crippen molar-refractivity contribution in [3.05, 3.63) is 18.0 Å². The van der Waals surface area contributed by atoms with Crippen molar-refractivity contribution in [3.63, 3.8) is 0 Å². The molecule has 0 aromatic carbocycles. The molecule has 1 aromatic rings. The SMILES string of the molecule is CCC(O)c1cnn(CC2CCC(C)O2)c1. The van der Waals surface area contributed by atoms with Crippen LogP contribution in [-0.2, 0) is 11.3 Å². The zero-order chi connectivity index (χ0) is 11.5. The predicted octanol–water partition coefficient (Wildman–Crippen LogP) is 1.89. The van der Waals surface area contributed by atoms with Crippen molar-refractivity contribution in [3.8, 4) is 0 Å². The minimum Gasteiger partial charge on any atom is -0.388 e. The molecule has 1 fully saturated rings. The third-order valence-corrected chi connectivity index (χ3v) is 3.14. The normalized spacial score (nSPS) is 27.2. The van der Waals surface area contributed by atoms with Crippen molar-refractivity contribution in [1.82, 2.24) is 9.78 Å². The quantitative estimate of drug-likeness (QED) is 0.849. The van der Waals surface area contributed by atoms with Crippen molar-refractivity contribution in [2.75, 3.05) is 0 Å². The van der Waals surface area contributed by atoms with E-state index in [1.165, 1.54) is 0 Å². The predicted molar refractivity (Wildman–Crippen MR) is 61.0 cm³/mol. The summed E-state index contributed by atoms with van der Waals surface area (Å²) in [6.07, 6.45) is 6.89. The number of rotatable bonds is 4. The van der Waals surface area contributed by atoms with Gasteiger partial charge in [0.1, 0.15) is 0 Å². The van der Waals surface area contributed by atoms with Crippen molar-refractivity contribution < 1.29 is 9.84 Å². The molecular formula is C12H20N2O2. The monoisotopic (exact) mass is 224 g/mol. The summed E-state index contributed by atoms with van der Waals surface area (Å²) in [7, 11) is 0. The lowest BCUT2D eigenvalue weighted by Crippen LogP contribution is -2.16. The number of nitrogens with zero attached hydrogens (tertiary/aromatic N) is 2. The van der Waals surface area contributed by atoms with E-state index in [-0.39, 0.29) is 6.10 Å². The summed E-state index contributed by atoms with van der Waals surface area (Å²) in [6, 6.07) is 0. The Morgan fingerprint density at radius 1 is 1.62 bits per heavy atom. The Morgan fingerprint density at radius 3 is 3.06 bits per heavy atom. The van der Waals surface area contributed by atoms with Crippen LogP contribution in [0.25, 0.3) is 0 Å². The smallest absolute Gasteiger partial charge is 0.0817 e. The number of aromatic nitrogens is 2. The number of hydrogen-bond acceptors (Lipinski definition) is 3. The lowest BCUT2D eigenvalue weighted by Gasteiger charge is -2.10. The van der Waals surface area contributed by atoms with E-state index >= 15 is 0 Å². The largest absolute Gasteiger partial charge is 0.388 e. The first-order chi connectivity index (χ1) is 7.69. The first-order valence-electron chi connectivity index (χ1n) is 6.05. The summed E-state index contributed by atoms with van der Waals surface area (Å²) in [6.45, 7) is 4.86. The number of ether oxygens (including phenoxy) is 1. The zero-order valence-corrected chi connectivity index (χ0v) is 9.97. The van der Waals surface area contributed by atoms with E-state index in [2.05, 4.69) is 12.0 Å². The van der Waals surface area contributed by atoms with Gasteiger partial charge in [-0.05, 0) is 26.2 Å². The molecule has 1 N–H and O–H groups in total. The highest BCUT2D eigenvalue weighted by atomic mass is 16.5. The van der Waals surface area contributed by atoms with Crippen LogP contribution in [0.1, 0.15) is 44.8 Å². The fourth-order valence-corrected chi connectivity index (χ4v) is 2.12. The van der Waals surface area contributed by atoms with Crippen LogP contribution >= 0.6 is 0 Å². The van der Waals surface area contributed by atoms with Crippen LogP contribution in [-0.4, -0.2) is 27.1 Å². The zero-order valence-electron chi connectivity index (χ0n) is 9.97. The van der Waals surface area contributed by atoms with Crippen molar-refractivity contribution in [1.29, 1.82) is 0 Å². The fourth-order valence-electron chi connectivity index (χ4n) is 2.12. The average Bonchev–Trinajstić information content (AvgIpc) is 2.87. The molecule has 1 aliphatic heterocycles. The molecular weight excluding hydrogens is 204 g/mol. The van der Waals surface area contributed by atoms with Gasteiger partial charge in [-0.3, -0.25) is 4.68 Å². The van der Waals surface area contributed by atoms with Gasteiger partial charge >= 0.3 is 0 Å². The van der Waals surface area contributed by atoms with Crippen molar-refractivity contribution >= 4 is 0 Å². The number of aliphatic hydroxyl groups excluding tert-OH is 1. The van der Waals surface area contributed by atoms with Crippen LogP contribution in [0.2, 0.25) is 0 Å². The molecule has 16 heavy (non-hydrogen) atoms. The maximum Gasteiger partial charge on any atom is 0.0817 e. The maximum atomic E-state index is 9.66. The van der Waals surface area contributed by atoms with Gasteiger partial charge in [-0.15, -0.1) is 0 Å². The summed E-state index contributed by atoms with van der Waals surface area (Å²) in [5.41, 5.74) is 0.897. The second-order valence-corrected chi connectivity index (χ2v) is 4.57. The molecule has 2 heterocycles. The second kappa shape index (κ2) is 4.97. The summed E-state index contributed by atoms with van der Waals surface area (Å²) in [5.74, 6) is 0. The Kier molecular flexibility index (Phi) is 3.61. The molecule has 90 valence electrons. The minimum atomic E-state index is -0.392. The van der Waals surface area contributed by atoms with E-state index in [1.54, 1.807) is 6.20 Å². The molecule has 2 rings (SSSR count). The Bertz CT molecular complexity index is 338. The van der Waals surface area contributed by atoms with Gasteiger partial charge in [0, 0.05) is 11.8 Å². The highest BCUT2D eigenvalue weighted by Gasteiger charge is 2.22. The molecule has 0 spiro atoms. The van der Waals surface area contributed by atoms with Gasteiger partial charge in [-0.25, -0.2) is 0 Å². The third-order valence-electron chi connectivity index (χ3n) is 3.14. The molecule has 4 nitrogen and oxygen atoms in total. The highest BCUT2D eigenvalue weighted by Crippen LogP contribution is 2.21. The summed E-state index contributed by atoms with van der Waals surface area (Å²) in [4.78, 5) is 0. The summed E-state index contributed by atoms with van der Waals surface area (Å²) >= 11 is 0. The first kappa shape index (κ1) is 11.6. The number of aliphatic hydroxyl groups is 1. The van der Waals surface area contributed by atoms with Crippen molar-refractivity contribution in [2.45, 2.75) is 58.0 Å². The van der Waals surface area contributed by atoms with Gasteiger partial charge in [-0.1, -0.05) is 6.92 Å². The second-order valence-electron chi connectivity index (χ2n) is 4.57. The van der Waals surface area contributed by atoms with Crippen molar-refractivity contribution in [2.24, 2.45) is 0 Å². The van der Waals surface area contributed by atoms with Crippen LogP contribution in [0.3, 0.4) is 0 Å². The van der Waals surface area contributed by atoms with E-state index in [1.807, 2.05) is 17.8 Å². The topological polar surface area (TPSA) is 47.3 Å². The first-order valence-corrected chi connectivity index (χ1v) is 6.05. The molecule has 0 amide bonds. The third kappa shape index (κ3) is 2.62. The highest BCUT2D eigenvalue weighted by molar-refractivity contribution is 5.07. The van der Waals surface area contributed by atoms with E-state index in [4.69, 9.17) is 4.74 Å². The molecule has 3 atom stereocenters. The standard InChI is InChI=1S/C12H20N2O2/c1-3-12(15)10-6-13-14(7-10)8-11-5-4-9(2)16-11/h6-7,9,11-12,15H,3-5,8H2,1-2H3. The summed E-state index contributed by atoms with van der Waals surface area (Å²) < 4.78 is 7.61. The van der Waals surface area contributed by atoms with Gasteiger partial charge in [0.05, 0.1) is 31.1 Å². The Balaban J connectivity index is 1.92. The van der Waals surface area contributed by atoms with E-state index in [0.717, 1.165) is 31.4 Å². The molecule has 1 aliphatic rings. The lowest BCUT2D eigenvalue weighted by molar-refractivity contribution is 0.0436. The molecule has 1 aromatic heterocycles. The maximum absolute atomic E-state index is 9.66. The Morgan fingerprint density at radius 2 is 2.44 bits per heavy atom. The van der Waals surface area contributed by atoms with Gasteiger partial charge in [-0.2, -0.15) is 5.10 Å². The van der Waals surface area contributed by atoms with Crippen LogP contribution in [0.15, 0.2) is 12.4 Å². The molecule has 0 bridgehead atoms. The molecule has 0 aliphatic carbocycles. The lowest BCUT2D eigenvalue weighted by atomic mass is 10.1. The molecule has 0 radical (unpaired) electrons. The van der Waals surface area contributed by atoms with E-state index in [0.29, 0.717) is 6.10 Å². The van der Waals surface area contributed by atoms with Gasteiger partial charge in [0.25, 0.3) is 0 Å². The molecule has 3 unspecified atom stereocenters. The van der Waals surface area contributed by atoms with Gasteiger partial charge < -0.3 is 9.84 Å². The number of hydrogen-bond donors (Lipinski definition) is 1. The summed E-state index contributed by atoms with van der Waals surface area (Å²) in [5, 5.41) is 13.9. The fraction of sp³-hybridized carbons (Fsp3) is 0.750. The minimum absolute atomic E-state index is 0.279. The van der Waals surface area contributed by atoms with Crippen LogP contribution in [0.4, 0.5) is 0 Å². The molecule has 0 saturated carbocycles. The molecule has 4 heteroatoms. The van der Waals surface area contributed by atoms with Crippen LogP contribution in [0, 0.1) is 0 Å². The van der Waals surface area contributed by atoms with Crippen LogP contribution < -0.4 is 0 Å². The van der Waals surface area contributed by atoms with Crippen LogP contribution in [0.5, 0.6) is 0 Å². The van der Waals surface area contributed by atoms with E-state index in [9.17, 15) is 5.11 Å². The Labute approximate surface area is 96.2 Å². The van der Waals surface area contributed by atoms with Gasteiger partial charge in [0.15, 0.2) is 0 Å². The Hall–Kier alpha value is -0.870. The van der Waals surface area contributed by atoms with E-state index < -0.39 is 6.10 Å². The molecule has 1 saturated heterocycles. The van der Waals surface area contributed by atoms with Gasteiger partial charge in [0.2, 0.25) is 0 Å². The average molecular weight is 224 g/mol.